The number of ketones is 1. The molecule has 0 aliphatic heterocycles. The third-order valence-corrected chi connectivity index (χ3v) is 4.10. The van der Waals surface area contributed by atoms with Crippen LogP contribution in [0.25, 0.3) is 0 Å². The summed E-state index contributed by atoms with van der Waals surface area (Å²) in [7, 11) is -4.07. The van der Waals surface area contributed by atoms with Crippen molar-refractivity contribution in [1.82, 2.24) is 4.98 Å². The summed E-state index contributed by atoms with van der Waals surface area (Å²) in [5.74, 6) is -1.28. The van der Waals surface area contributed by atoms with Crippen LogP contribution in [0.2, 0.25) is 5.02 Å². The number of nitrogens with two attached hydrogens (primary N) is 1. The van der Waals surface area contributed by atoms with Crippen LogP contribution in [0.1, 0.15) is 20.8 Å². The molecule has 1 heterocycles. The van der Waals surface area contributed by atoms with Gasteiger partial charge >= 0.3 is 5.97 Å². The number of aromatic nitrogens is 1. The van der Waals surface area contributed by atoms with Crippen molar-refractivity contribution in [2.75, 3.05) is 6.61 Å². The zero-order valence-electron chi connectivity index (χ0n) is 11.1. The Labute approximate surface area is 131 Å². The van der Waals surface area contributed by atoms with Gasteiger partial charge in [-0.2, -0.15) is 0 Å². The van der Waals surface area contributed by atoms with Crippen LogP contribution in [-0.2, 0) is 14.8 Å². The average molecular weight is 343 g/mol. The Morgan fingerprint density at radius 3 is 2.59 bits per heavy atom. The molecule has 22 heavy (non-hydrogen) atoms. The molecule has 0 bridgehead atoms. The number of rotatable bonds is 5. The Kier molecular flexibility index (Phi) is 4.65. The Morgan fingerprint density at radius 2 is 2.00 bits per heavy atom. The molecule has 1 aromatic heterocycles. The molecule has 0 unspecified atom stereocenters. The van der Waals surface area contributed by atoms with E-state index >= 15 is 0 Å². The number of H-pyrrole nitrogens is 1. The van der Waals surface area contributed by atoms with Crippen molar-refractivity contribution in [1.29, 1.82) is 0 Å². The lowest BCUT2D eigenvalue weighted by Gasteiger charge is -2.06. The average Bonchev–Trinajstić information content (AvgIpc) is 2.97. The van der Waals surface area contributed by atoms with Gasteiger partial charge in [0.15, 0.2) is 6.61 Å². The third kappa shape index (κ3) is 3.73. The van der Waals surface area contributed by atoms with Crippen LogP contribution in [0.4, 0.5) is 0 Å². The molecule has 7 nitrogen and oxygen atoms in total. The lowest BCUT2D eigenvalue weighted by atomic mass is 10.2. The van der Waals surface area contributed by atoms with E-state index in [9.17, 15) is 18.0 Å². The van der Waals surface area contributed by atoms with Crippen LogP contribution in [-0.4, -0.2) is 31.8 Å². The highest BCUT2D eigenvalue weighted by atomic mass is 35.5. The lowest BCUT2D eigenvalue weighted by molar-refractivity contribution is 0.0473. The van der Waals surface area contributed by atoms with Crippen molar-refractivity contribution in [2.24, 2.45) is 5.14 Å². The second-order valence-electron chi connectivity index (χ2n) is 4.27. The number of Topliss-reactive ketones (excluding diaryl/α,β-unsaturated/α-hetero) is 1. The minimum atomic E-state index is -4.07. The molecule has 0 saturated carbocycles. The van der Waals surface area contributed by atoms with Gasteiger partial charge in [-0.3, -0.25) is 4.79 Å². The van der Waals surface area contributed by atoms with Crippen LogP contribution in [0, 0.1) is 0 Å². The van der Waals surface area contributed by atoms with E-state index < -0.39 is 28.4 Å². The van der Waals surface area contributed by atoms with E-state index in [1.807, 2.05) is 0 Å². The van der Waals surface area contributed by atoms with Gasteiger partial charge in [0.05, 0.1) is 16.3 Å². The van der Waals surface area contributed by atoms with E-state index in [-0.39, 0.29) is 15.5 Å². The number of nitrogens with one attached hydrogen (secondary N) is 1. The summed E-state index contributed by atoms with van der Waals surface area (Å²) in [5.41, 5.74) is 0.224. The van der Waals surface area contributed by atoms with Crippen molar-refractivity contribution in [3.8, 4) is 0 Å². The smallest absolute Gasteiger partial charge is 0.338 e. The second-order valence-corrected chi connectivity index (χ2v) is 6.21. The van der Waals surface area contributed by atoms with Gasteiger partial charge in [0, 0.05) is 6.20 Å². The largest absolute Gasteiger partial charge is 0.454 e. The Bertz CT molecular complexity index is 815. The number of hydrogen-bond donors (Lipinski definition) is 2. The van der Waals surface area contributed by atoms with Crippen molar-refractivity contribution in [3.63, 3.8) is 0 Å². The number of carbonyl (C=O) groups is 2. The maximum Gasteiger partial charge on any atom is 0.338 e. The fraction of sp³-hybridized carbons (Fsp3) is 0.0769. The molecular weight excluding hydrogens is 332 g/mol. The summed E-state index contributed by atoms with van der Waals surface area (Å²) >= 11 is 5.71. The lowest BCUT2D eigenvalue weighted by Crippen LogP contribution is -2.16. The number of carbonyl (C=O) groups excluding carboxylic acids is 2. The van der Waals surface area contributed by atoms with Gasteiger partial charge in [-0.1, -0.05) is 11.6 Å². The van der Waals surface area contributed by atoms with E-state index in [2.05, 4.69) is 4.98 Å². The first-order valence-corrected chi connectivity index (χ1v) is 7.87. The standard InChI is InChI=1S/C13H11ClN2O5S/c14-9-4-3-8(6-12(9)22(15,19)20)13(18)21-7-11(17)10-2-1-5-16-10/h1-6,16H,7H2,(H2,15,19,20). The third-order valence-electron chi connectivity index (χ3n) is 2.71. The fourth-order valence-corrected chi connectivity index (χ4v) is 2.72. The molecule has 3 N–H and O–H groups in total. The maximum absolute atomic E-state index is 11.8. The van der Waals surface area contributed by atoms with Crippen LogP contribution < -0.4 is 5.14 Å². The Morgan fingerprint density at radius 1 is 1.27 bits per heavy atom. The van der Waals surface area contributed by atoms with Crippen molar-refractivity contribution in [2.45, 2.75) is 4.90 Å². The first kappa shape index (κ1) is 16.2. The number of halogens is 1. The van der Waals surface area contributed by atoms with E-state index in [4.69, 9.17) is 21.5 Å². The fourth-order valence-electron chi connectivity index (χ4n) is 1.64. The summed E-state index contributed by atoms with van der Waals surface area (Å²) in [4.78, 5) is 25.8. The minimum Gasteiger partial charge on any atom is -0.454 e. The molecule has 0 aliphatic carbocycles. The molecule has 0 radical (unpaired) electrons. The van der Waals surface area contributed by atoms with Crippen LogP contribution in [0.15, 0.2) is 41.4 Å². The van der Waals surface area contributed by atoms with Crippen LogP contribution in [0.3, 0.4) is 0 Å². The van der Waals surface area contributed by atoms with Gasteiger partial charge < -0.3 is 9.72 Å². The van der Waals surface area contributed by atoms with Gasteiger partial charge in [0.2, 0.25) is 15.8 Å². The molecule has 2 aromatic rings. The monoisotopic (exact) mass is 342 g/mol. The summed E-state index contributed by atoms with van der Waals surface area (Å²) < 4.78 is 27.5. The topological polar surface area (TPSA) is 119 Å². The molecule has 9 heteroatoms. The van der Waals surface area contributed by atoms with Crippen molar-refractivity contribution >= 4 is 33.4 Å². The molecule has 0 aliphatic rings. The van der Waals surface area contributed by atoms with Crippen molar-refractivity contribution < 1.29 is 22.7 Å². The van der Waals surface area contributed by atoms with Gasteiger partial charge in [0.1, 0.15) is 4.90 Å². The summed E-state index contributed by atoms with van der Waals surface area (Å²) in [6, 6.07) is 6.66. The maximum atomic E-state index is 11.8. The number of esters is 1. The highest BCUT2D eigenvalue weighted by Crippen LogP contribution is 2.21. The number of primary sulfonamides is 1. The van der Waals surface area contributed by atoms with Gasteiger partial charge in [0.25, 0.3) is 0 Å². The first-order chi connectivity index (χ1) is 10.3. The van der Waals surface area contributed by atoms with E-state index in [1.165, 1.54) is 18.2 Å². The van der Waals surface area contributed by atoms with Gasteiger partial charge in [-0.25, -0.2) is 18.4 Å². The highest BCUT2D eigenvalue weighted by molar-refractivity contribution is 7.89. The second kappa shape index (κ2) is 6.30. The molecule has 0 atom stereocenters. The predicted octanol–water partition coefficient (Wildman–Crippen LogP) is 1.36. The molecular formula is C13H11ClN2O5S. The molecule has 1 aromatic carbocycles. The van der Waals surface area contributed by atoms with Gasteiger partial charge in [-0.15, -0.1) is 0 Å². The number of ether oxygens (including phenoxy) is 1. The van der Waals surface area contributed by atoms with Gasteiger partial charge in [-0.05, 0) is 30.3 Å². The normalized spacial score (nSPS) is 11.2. The molecule has 2 rings (SSSR count). The zero-order valence-corrected chi connectivity index (χ0v) is 12.6. The summed E-state index contributed by atoms with van der Waals surface area (Å²) in [5, 5.41) is 4.88. The number of sulfonamides is 1. The van der Waals surface area contributed by atoms with Crippen molar-refractivity contribution in [3.05, 3.63) is 52.8 Å². The quantitative estimate of drug-likeness (QED) is 0.628. The number of aromatic amines is 1. The number of benzene rings is 1. The Hall–Kier alpha value is -2.16. The molecule has 0 saturated heterocycles. The van der Waals surface area contributed by atoms with Crippen LogP contribution >= 0.6 is 11.6 Å². The summed E-state index contributed by atoms with van der Waals surface area (Å²) in [6.07, 6.45) is 1.56. The Balaban J connectivity index is 2.12. The van der Waals surface area contributed by atoms with E-state index in [0.29, 0.717) is 5.69 Å². The highest BCUT2D eigenvalue weighted by Gasteiger charge is 2.18. The molecule has 0 amide bonds. The van der Waals surface area contributed by atoms with E-state index in [1.54, 1.807) is 12.3 Å². The zero-order chi connectivity index (χ0) is 16.3. The SMILES string of the molecule is NS(=O)(=O)c1cc(C(=O)OCC(=O)c2ccc[nH]2)ccc1Cl. The molecule has 0 spiro atoms. The predicted molar refractivity (Wildman–Crippen MR) is 78.2 cm³/mol. The number of hydrogen-bond acceptors (Lipinski definition) is 5. The molecule has 0 fully saturated rings. The first-order valence-electron chi connectivity index (χ1n) is 5.95. The minimum absolute atomic E-state index is 0.0762. The summed E-state index contributed by atoms with van der Waals surface area (Å²) in [6.45, 7) is -0.479. The molecule has 116 valence electrons. The van der Waals surface area contributed by atoms with Crippen LogP contribution in [0.5, 0.6) is 0 Å². The van der Waals surface area contributed by atoms with E-state index in [0.717, 1.165) is 6.07 Å².